The molecule has 0 spiro atoms. The topological polar surface area (TPSA) is 41.4 Å². The van der Waals surface area contributed by atoms with Crippen LogP contribution in [0.5, 0.6) is 0 Å². The van der Waals surface area contributed by atoms with Crippen molar-refractivity contribution in [2.45, 2.75) is 13.2 Å². The number of thiophene rings is 1. The number of halogens is 2. The van der Waals surface area contributed by atoms with Gasteiger partial charge < -0.3 is 0 Å². The Hall–Kier alpha value is -0.920. The molecule has 0 bridgehead atoms. The van der Waals surface area contributed by atoms with Crippen molar-refractivity contribution in [1.82, 2.24) is 19.6 Å². The second kappa shape index (κ2) is 7.10. The first-order chi connectivity index (χ1) is 10.6. The highest BCUT2D eigenvalue weighted by atomic mass is 35.5. The SMILES string of the molecule is O=c1c(Cl)c(Cl)cnn1CN1CCN(Cc2cccs2)CC1. The van der Waals surface area contributed by atoms with E-state index >= 15 is 0 Å². The van der Waals surface area contributed by atoms with Crippen molar-refractivity contribution < 1.29 is 0 Å². The third-order valence-electron chi connectivity index (χ3n) is 3.70. The summed E-state index contributed by atoms with van der Waals surface area (Å²) in [7, 11) is 0. The molecule has 0 aromatic carbocycles. The lowest BCUT2D eigenvalue weighted by Crippen LogP contribution is -2.47. The molecule has 22 heavy (non-hydrogen) atoms. The van der Waals surface area contributed by atoms with Gasteiger partial charge in [0.15, 0.2) is 0 Å². The van der Waals surface area contributed by atoms with Crippen LogP contribution in [0.2, 0.25) is 10.0 Å². The van der Waals surface area contributed by atoms with Crippen molar-refractivity contribution >= 4 is 34.5 Å². The summed E-state index contributed by atoms with van der Waals surface area (Å²) in [6.45, 7) is 5.21. The lowest BCUT2D eigenvalue weighted by Gasteiger charge is -2.34. The maximum absolute atomic E-state index is 12.0. The van der Waals surface area contributed by atoms with Gasteiger partial charge in [0.1, 0.15) is 5.02 Å². The van der Waals surface area contributed by atoms with E-state index in [0.29, 0.717) is 6.67 Å². The first-order valence-electron chi connectivity index (χ1n) is 7.01. The van der Waals surface area contributed by atoms with E-state index in [9.17, 15) is 4.79 Å². The second-order valence-corrected chi connectivity index (χ2v) is 7.04. The maximum atomic E-state index is 12.0. The molecule has 0 saturated carbocycles. The fourth-order valence-corrected chi connectivity index (χ4v) is 3.46. The number of rotatable bonds is 4. The largest absolute Gasteiger partial charge is 0.296 e. The zero-order valence-electron chi connectivity index (χ0n) is 11.9. The van der Waals surface area contributed by atoms with Gasteiger partial charge in [-0.25, -0.2) is 4.68 Å². The molecule has 118 valence electrons. The molecule has 1 aliphatic heterocycles. The van der Waals surface area contributed by atoms with Gasteiger partial charge in [0.25, 0.3) is 5.56 Å². The molecule has 0 N–H and O–H groups in total. The van der Waals surface area contributed by atoms with Gasteiger partial charge in [-0.3, -0.25) is 14.6 Å². The molecule has 3 heterocycles. The average Bonchev–Trinajstić information content (AvgIpc) is 3.03. The van der Waals surface area contributed by atoms with E-state index in [1.54, 1.807) is 11.3 Å². The molecule has 2 aromatic rings. The quantitative estimate of drug-likeness (QED) is 0.841. The average molecular weight is 359 g/mol. The highest BCUT2D eigenvalue weighted by Gasteiger charge is 2.18. The Morgan fingerprint density at radius 3 is 2.59 bits per heavy atom. The van der Waals surface area contributed by atoms with Crippen LogP contribution < -0.4 is 5.56 Å². The van der Waals surface area contributed by atoms with Gasteiger partial charge in [-0.05, 0) is 11.4 Å². The van der Waals surface area contributed by atoms with Crippen LogP contribution in [0.15, 0.2) is 28.5 Å². The van der Waals surface area contributed by atoms with Crippen LogP contribution in [0.4, 0.5) is 0 Å². The fourth-order valence-electron chi connectivity index (χ4n) is 2.45. The van der Waals surface area contributed by atoms with Gasteiger partial charge in [-0.15, -0.1) is 11.3 Å². The number of hydrogen-bond donors (Lipinski definition) is 0. The zero-order valence-corrected chi connectivity index (χ0v) is 14.2. The van der Waals surface area contributed by atoms with Crippen LogP contribution >= 0.6 is 34.5 Å². The summed E-state index contributed by atoms with van der Waals surface area (Å²) in [6, 6.07) is 4.24. The van der Waals surface area contributed by atoms with Crippen molar-refractivity contribution in [2.24, 2.45) is 0 Å². The van der Waals surface area contributed by atoms with Crippen LogP contribution in [0.1, 0.15) is 4.88 Å². The van der Waals surface area contributed by atoms with E-state index in [-0.39, 0.29) is 15.6 Å². The Bertz CT molecular complexity index is 681. The molecule has 1 saturated heterocycles. The number of hydrogen-bond acceptors (Lipinski definition) is 5. The molecule has 8 heteroatoms. The molecule has 0 atom stereocenters. The van der Waals surface area contributed by atoms with Gasteiger partial charge in [0, 0.05) is 37.6 Å². The summed E-state index contributed by atoms with van der Waals surface area (Å²) in [5.74, 6) is 0. The summed E-state index contributed by atoms with van der Waals surface area (Å²) < 4.78 is 1.36. The lowest BCUT2D eigenvalue weighted by atomic mass is 10.3. The monoisotopic (exact) mass is 358 g/mol. The smallest absolute Gasteiger partial charge is 0.288 e. The minimum Gasteiger partial charge on any atom is -0.296 e. The predicted molar refractivity (Wildman–Crippen MR) is 89.7 cm³/mol. The highest BCUT2D eigenvalue weighted by molar-refractivity contribution is 7.09. The second-order valence-electron chi connectivity index (χ2n) is 5.23. The van der Waals surface area contributed by atoms with E-state index in [2.05, 4.69) is 32.4 Å². The Morgan fingerprint density at radius 2 is 1.91 bits per heavy atom. The minimum absolute atomic E-state index is 0.0352. The third kappa shape index (κ3) is 3.70. The molecule has 0 aliphatic carbocycles. The Balaban J connectivity index is 1.56. The van der Waals surface area contributed by atoms with E-state index in [0.717, 1.165) is 32.7 Å². The number of piperazine rings is 1. The van der Waals surface area contributed by atoms with Crippen LogP contribution in [-0.2, 0) is 13.2 Å². The lowest BCUT2D eigenvalue weighted by molar-refractivity contribution is 0.0976. The first-order valence-corrected chi connectivity index (χ1v) is 8.65. The summed E-state index contributed by atoms with van der Waals surface area (Å²) in [6.07, 6.45) is 1.42. The van der Waals surface area contributed by atoms with E-state index in [1.807, 2.05) is 0 Å². The molecule has 0 unspecified atom stereocenters. The summed E-state index contributed by atoms with van der Waals surface area (Å²) in [5.41, 5.74) is -0.338. The third-order valence-corrected chi connectivity index (χ3v) is 5.31. The molecule has 2 aromatic heterocycles. The van der Waals surface area contributed by atoms with Gasteiger partial charge in [0.2, 0.25) is 0 Å². The molecule has 0 amide bonds. The Labute approximate surface area is 142 Å². The van der Waals surface area contributed by atoms with Crippen molar-refractivity contribution in [3.63, 3.8) is 0 Å². The fraction of sp³-hybridized carbons (Fsp3) is 0.429. The molecule has 5 nitrogen and oxygen atoms in total. The molecule has 1 aliphatic rings. The van der Waals surface area contributed by atoms with E-state index in [4.69, 9.17) is 23.2 Å². The van der Waals surface area contributed by atoms with Gasteiger partial charge >= 0.3 is 0 Å². The molecular formula is C14H16Cl2N4OS. The zero-order chi connectivity index (χ0) is 15.5. The van der Waals surface area contributed by atoms with Crippen LogP contribution in [0.3, 0.4) is 0 Å². The standard InChI is InChI=1S/C14H16Cl2N4OS/c15-12-8-17-20(14(21)13(12)16)10-19-5-3-18(4-6-19)9-11-2-1-7-22-11/h1-2,7-8H,3-6,9-10H2. The van der Waals surface area contributed by atoms with E-state index in [1.165, 1.54) is 15.8 Å². The summed E-state index contributed by atoms with van der Waals surface area (Å²) >= 11 is 13.4. The van der Waals surface area contributed by atoms with Gasteiger partial charge in [0.05, 0.1) is 17.9 Å². The Morgan fingerprint density at radius 1 is 1.18 bits per heavy atom. The van der Waals surface area contributed by atoms with Crippen LogP contribution in [0.25, 0.3) is 0 Å². The Kier molecular flexibility index (Phi) is 5.15. The normalized spacial score (nSPS) is 17.0. The highest BCUT2D eigenvalue weighted by Crippen LogP contribution is 2.16. The van der Waals surface area contributed by atoms with Crippen molar-refractivity contribution in [3.8, 4) is 0 Å². The summed E-state index contributed by atoms with van der Waals surface area (Å²) in [4.78, 5) is 18.0. The number of aromatic nitrogens is 2. The van der Waals surface area contributed by atoms with E-state index < -0.39 is 0 Å². The van der Waals surface area contributed by atoms with Crippen molar-refractivity contribution in [2.75, 3.05) is 26.2 Å². The molecular weight excluding hydrogens is 343 g/mol. The van der Waals surface area contributed by atoms with Crippen molar-refractivity contribution in [3.05, 3.63) is 49.0 Å². The molecule has 1 fully saturated rings. The maximum Gasteiger partial charge on any atom is 0.288 e. The molecule has 0 radical (unpaired) electrons. The van der Waals surface area contributed by atoms with Crippen LogP contribution in [0, 0.1) is 0 Å². The summed E-state index contributed by atoms with van der Waals surface area (Å²) in [5, 5.41) is 6.38. The number of nitrogens with zero attached hydrogens (tertiary/aromatic N) is 4. The predicted octanol–water partition coefficient (Wildman–Crippen LogP) is 2.39. The van der Waals surface area contributed by atoms with Gasteiger partial charge in [-0.2, -0.15) is 5.10 Å². The minimum atomic E-state index is -0.338. The molecule has 3 rings (SSSR count). The first kappa shape index (κ1) is 16.0. The van der Waals surface area contributed by atoms with Crippen LogP contribution in [-0.4, -0.2) is 45.8 Å². The van der Waals surface area contributed by atoms with Crippen molar-refractivity contribution in [1.29, 1.82) is 0 Å². The van der Waals surface area contributed by atoms with Gasteiger partial charge in [-0.1, -0.05) is 29.3 Å².